The predicted molar refractivity (Wildman–Crippen MR) is 118 cm³/mol. The van der Waals surface area contributed by atoms with Gasteiger partial charge in [0.1, 0.15) is 42.0 Å². The van der Waals surface area contributed by atoms with Crippen LogP contribution < -0.4 is 11.4 Å². The number of ether oxygens (including phenoxy) is 3. The maximum Gasteiger partial charge on any atom is 0.351 e. The number of carbonyl (C=O) groups excluding carboxylic acids is 2. The summed E-state index contributed by atoms with van der Waals surface area (Å²) in [4.78, 5) is 39.3. The van der Waals surface area contributed by atoms with E-state index >= 15 is 0 Å². The number of esters is 2. The molecule has 0 aliphatic carbocycles. The minimum Gasteiger partial charge on any atom is -0.463 e. The molecule has 0 saturated carbocycles. The second-order valence-electron chi connectivity index (χ2n) is 7.53. The Morgan fingerprint density at radius 3 is 2.49 bits per heavy atom. The van der Waals surface area contributed by atoms with Crippen molar-refractivity contribution >= 4 is 27.9 Å². The molecule has 0 bridgehead atoms. The van der Waals surface area contributed by atoms with Crippen molar-refractivity contribution in [3.05, 3.63) is 58.1 Å². The van der Waals surface area contributed by atoms with Crippen LogP contribution in [0.2, 0.25) is 0 Å². The van der Waals surface area contributed by atoms with E-state index in [1.165, 1.54) is 0 Å². The third kappa shape index (κ3) is 6.41. The summed E-state index contributed by atoms with van der Waals surface area (Å²) in [5.74, 6) is -2.36. The van der Waals surface area contributed by atoms with Crippen molar-refractivity contribution in [2.75, 3.05) is 12.3 Å². The third-order valence-corrected chi connectivity index (χ3v) is 6.06. The van der Waals surface area contributed by atoms with E-state index in [9.17, 15) is 28.1 Å². The lowest BCUT2D eigenvalue weighted by atomic mass is 10.1. The summed E-state index contributed by atoms with van der Waals surface area (Å²) in [6.07, 6.45) is -4.70. The van der Waals surface area contributed by atoms with Crippen LogP contribution in [0.1, 0.15) is 31.2 Å². The minimum absolute atomic E-state index is 0.174. The number of carbonyl (C=O) groups is 2. The topological polar surface area (TPSA) is 190 Å². The smallest absolute Gasteiger partial charge is 0.351 e. The van der Waals surface area contributed by atoms with Gasteiger partial charge in [-0.1, -0.05) is 30.3 Å². The van der Waals surface area contributed by atoms with Gasteiger partial charge in [0.2, 0.25) is 0 Å². The first-order chi connectivity index (χ1) is 16.5. The number of nitriles is 1. The van der Waals surface area contributed by atoms with Crippen molar-refractivity contribution in [3.8, 4) is 6.07 Å². The van der Waals surface area contributed by atoms with Crippen LogP contribution in [0.25, 0.3) is 0 Å². The molecule has 4 atom stereocenters. The molecule has 3 rings (SSSR count). The molecule has 1 saturated heterocycles. The number of hydrogen-bond acceptors (Lipinski definition) is 12. The van der Waals surface area contributed by atoms with E-state index in [1.807, 2.05) is 0 Å². The molecule has 0 unspecified atom stereocenters. The first-order valence-electron chi connectivity index (χ1n) is 10.2. The fraction of sp³-hybridized carbons (Fsp3) is 0.381. The number of nitrogens with two attached hydrogens (primary N) is 1. The molecule has 0 amide bonds. The van der Waals surface area contributed by atoms with Gasteiger partial charge in [-0.15, -0.1) is 0 Å². The largest absolute Gasteiger partial charge is 0.463 e. The highest BCUT2D eigenvalue weighted by molar-refractivity contribution is 7.85. The zero-order valence-electron chi connectivity index (χ0n) is 18.7. The average Bonchev–Trinajstić information content (AvgIpc) is 3.08. The SMILES string of the molecule is CC(=O)OC[C@H]1O[C@@H](n2cc(C#N)c(N)nc2=O)[C@H](OC(C)=O)[C@H]1OS(=O)(=O)Cc1ccccc1. The maximum atomic E-state index is 12.9. The van der Waals surface area contributed by atoms with Crippen LogP contribution in [0.15, 0.2) is 41.3 Å². The molecule has 1 aliphatic rings. The number of benzene rings is 1. The van der Waals surface area contributed by atoms with E-state index in [2.05, 4.69) is 4.98 Å². The van der Waals surface area contributed by atoms with Gasteiger partial charge < -0.3 is 19.9 Å². The molecule has 186 valence electrons. The van der Waals surface area contributed by atoms with Gasteiger partial charge >= 0.3 is 17.6 Å². The Balaban J connectivity index is 2.02. The molecule has 1 fully saturated rings. The standard InChI is InChI=1S/C21H22N4O9S/c1-12(26)31-10-16-17(34-35(29,30)11-14-6-4-3-5-7-14)18(32-13(2)27)20(33-16)25-9-15(8-22)19(23)24-21(25)28/h3-7,9,16-18,20H,10-11H2,1-2H3,(H2,23,24,28)/t16-,17+,18-,20-/m1/s1. The Morgan fingerprint density at radius 1 is 1.20 bits per heavy atom. The summed E-state index contributed by atoms with van der Waals surface area (Å²) in [7, 11) is -4.28. The van der Waals surface area contributed by atoms with E-state index in [1.54, 1.807) is 36.4 Å². The maximum absolute atomic E-state index is 12.9. The van der Waals surface area contributed by atoms with Crippen LogP contribution in [0.3, 0.4) is 0 Å². The number of hydrogen-bond donors (Lipinski definition) is 1. The van der Waals surface area contributed by atoms with Crippen LogP contribution in [0.4, 0.5) is 5.82 Å². The molecular formula is C21H22N4O9S. The number of nitrogen functional groups attached to an aromatic ring is 1. The molecule has 35 heavy (non-hydrogen) atoms. The quantitative estimate of drug-likeness (QED) is 0.373. The van der Waals surface area contributed by atoms with Gasteiger partial charge in [-0.3, -0.25) is 18.3 Å². The van der Waals surface area contributed by atoms with Crippen LogP contribution in [-0.2, 0) is 43.9 Å². The lowest BCUT2D eigenvalue weighted by molar-refractivity contribution is -0.155. The fourth-order valence-corrected chi connectivity index (χ4v) is 4.67. The van der Waals surface area contributed by atoms with Gasteiger partial charge in [0.25, 0.3) is 10.1 Å². The normalized spacial score (nSPS) is 21.7. The first-order valence-corrected chi connectivity index (χ1v) is 11.8. The zero-order valence-corrected chi connectivity index (χ0v) is 19.5. The highest BCUT2D eigenvalue weighted by Crippen LogP contribution is 2.35. The first kappa shape index (κ1) is 25.8. The van der Waals surface area contributed by atoms with Crippen LogP contribution in [-0.4, -0.2) is 54.8 Å². The Bertz CT molecular complexity index is 1300. The van der Waals surface area contributed by atoms with Crippen LogP contribution >= 0.6 is 0 Å². The fourth-order valence-electron chi connectivity index (χ4n) is 3.43. The van der Waals surface area contributed by atoms with E-state index < -0.39 is 64.6 Å². The lowest BCUT2D eigenvalue weighted by Crippen LogP contribution is -2.42. The van der Waals surface area contributed by atoms with Crippen molar-refractivity contribution < 1.29 is 36.4 Å². The molecular weight excluding hydrogens is 484 g/mol. The van der Waals surface area contributed by atoms with Crippen molar-refractivity contribution in [3.63, 3.8) is 0 Å². The molecule has 0 radical (unpaired) electrons. The van der Waals surface area contributed by atoms with Crippen molar-refractivity contribution in [2.24, 2.45) is 0 Å². The second kappa shape index (κ2) is 10.6. The molecule has 1 aromatic heterocycles. The van der Waals surface area contributed by atoms with Gasteiger partial charge in [0.05, 0.1) is 0 Å². The van der Waals surface area contributed by atoms with Crippen molar-refractivity contribution in [2.45, 2.75) is 44.1 Å². The van der Waals surface area contributed by atoms with Crippen LogP contribution in [0, 0.1) is 11.3 Å². The predicted octanol–water partition coefficient (Wildman–Crippen LogP) is 0.00458. The zero-order chi connectivity index (χ0) is 25.8. The Hall–Kier alpha value is -3.80. The van der Waals surface area contributed by atoms with E-state index in [0.29, 0.717) is 5.56 Å². The molecule has 2 heterocycles. The molecule has 2 aromatic rings. The summed E-state index contributed by atoms with van der Waals surface area (Å²) in [5, 5.41) is 9.26. The van der Waals surface area contributed by atoms with Crippen LogP contribution in [0.5, 0.6) is 0 Å². The summed E-state index contributed by atoms with van der Waals surface area (Å²) < 4.78 is 48.0. The van der Waals surface area contributed by atoms with E-state index in [4.69, 9.17) is 24.1 Å². The number of aromatic nitrogens is 2. The monoisotopic (exact) mass is 506 g/mol. The van der Waals surface area contributed by atoms with Crippen molar-refractivity contribution in [1.29, 1.82) is 5.26 Å². The Labute approximate surface area is 200 Å². The van der Waals surface area contributed by atoms with Gasteiger partial charge in [-0.05, 0) is 5.56 Å². The molecule has 1 aromatic carbocycles. The summed E-state index contributed by atoms with van der Waals surface area (Å²) in [6.45, 7) is 1.72. The number of anilines is 1. The molecule has 2 N–H and O–H groups in total. The Morgan fingerprint density at radius 2 is 1.89 bits per heavy atom. The minimum atomic E-state index is -4.28. The van der Waals surface area contributed by atoms with E-state index in [-0.39, 0.29) is 11.4 Å². The lowest BCUT2D eigenvalue weighted by Gasteiger charge is -2.24. The van der Waals surface area contributed by atoms with Gasteiger partial charge in [0, 0.05) is 20.0 Å². The summed E-state index contributed by atoms with van der Waals surface area (Å²) in [5.41, 5.74) is 4.87. The third-order valence-electron chi connectivity index (χ3n) is 4.86. The summed E-state index contributed by atoms with van der Waals surface area (Å²) in [6, 6.07) is 9.94. The molecule has 0 spiro atoms. The second-order valence-corrected chi connectivity index (χ2v) is 9.13. The highest BCUT2D eigenvalue weighted by atomic mass is 32.2. The average molecular weight is 506 g/mol. The number of rotatable bonds is 8. The molecule has 1 aliphatic heterocycles. The van der Waals surface area contributed by atoms with Crippen molar-refractivity contribution in [1.82, 2.24) is 9.55 Å². The molecule has 13 nitrogen and oxygen atoms in total. The van der Waals surface area contributed by atoms with Gasteiger partial charge in [-0.25, -0.2) is 4.79 Å². The van der Waals surface area contributed by atoms with Gasteiger partial charge in [-0.2, -0.15) is 18.7 Å². The molecule has 14 heteroatoms. The van der Waals surface area contributed by atoms with E-state index in [0.717, 1.165) is 24.6 Å². The summed E-state index contributed by atoms with van der Waals surface area (Å²) >= 11 is 0. The highest BCUT2D eigenvalue weighted by Gasteiger charge is 2.51. The Kier molecular flexibility index (Phi) is 7.85. The number of nitrogens with zero attached hydrogens (tertiary/aromatic N) is 3. The van der Waals surface area contributed by atoms with Gasteiger partial charge in [0.15, 0.2) is 12.3 Å².